The zero-order valence-electron chi connectivity index (χ0n) is 20.4. The fraction of sp³-hybridized carbons (Fsp3) is 0.538. The van der Waals surface area contributed by atoms with Gasteiger partial charge in [0.05, 0.1) is 13.2 Å². The molecule has 180 valence electrons. The topological polar surface area (TPSA) is 66.4 Å². The quantitative estimate of drug-likeness (QED) is 0.625. The van der Waals surface area contributed by atoms with E-state index in [0.717, 1.165) is 10.4 Å². The van der Waals surface area contributed by atoms with E-state index in [1.54, 1.807) is 7.11 Å². The van der Waals surface area contributed by atoms with Gasteiger partial charge < -0.3 is 28.5 Å². The third-order valence-corrected chi connectivity index (χ3v) is 11.7. The maximum atomic E-state index is 10.6. The standard InChI is InChI=1S/C26H36O6Si/c1-24(2,3)33(19-13-9-7-10-14-19,20-15-11-8-12-16-20)29-18-26(17-27)22(28-6)21-23(32-26)31-25(4,5)30-21/h7-16,21-23,27H,17-18H2,1-6H3/t21-,22+,23+,26+/m1/s1. The van der Waals surface area contributed by atoms with Crippen molar-refractivity contribution < 1.29 is 28.5 Å². The van der Waals surface area contributed by atoms with Crippen LogP contribution in [-0.2, 0) is 23.4 Å². The summed E-state index contributed by atoms with van der Waals surface area (Å²) < 4.78 is 31.2. The van der Waals surface area contributed by atoms with Gasteiger partial charge in [-0.25, -0.2) is 0 Å². The van der Waals surface area contributed by atoms with Crippen molar-refractivity contribution in [1.82, 2.24) is 0 Å². The van der Waals surface area contributed by atoms with Gasteiger partial charge in [-0.15, -0.1) is 0 Å². The zero-order valence-corrected chi connectivity index (χ0v) is 21.4. The molecule has 0 saturated carbocycles. The van der Waals surface area contributed by atoms with Gasteiger partial charge >= 0.3 is 0 Å². The Morgan fingerprint density at radius 2 is 1.45 bits per heavy atom. The SMILES string of the molecule is CO[C@H]1[C@H]2OC(C)(C)O[C@H]2O[C@@]1(CO)CO[Si](c1ccccc1)(c1ccccc1)C(C)(C)C. The molecule has 2 fully saturated rings. The highest BCUT2D eigenvalue weighted by Gasteiger charge is 2.63. The molecule has 2 heterocycles. The molecule has 0 aliphatic carbocycles. The molecule has 2 aromatic rings. The summed E-state index contributed by atoms with van der Waals surface area (Å²) in [6, 6.07) is 20.8. The minimum absolute atomic E-state index is 0.148. The molecule has 2 aliphatic rings. The van der Waals surface area contributed by atoms with Crippen molar-refractivity contribution in [2.24, 2.45) is 0 Å². The van der Waals surface area contributed by atoms with Crippen molar-refractivity contribution in [2.75, 3.05) is 20.3 Å². The summed E-state index contributed by atoms with van der Waals surface area (Å²) in [5, 5.41) is 12.7. The van der Waals surface area contributed by atoms with Crippen LogP contribution in [0, 0.1) is 0 Å². The maximum Gasteiger partial charge on any atom is 0.261 e. The third kappa shape index (κ3) is 4.21. The van der Waals surface area contributed by atoms with Crippen LogP contribution in [0.1, 0.15) is 34.6 Å². The van der Waals surface area contributed by atoms with Crippen LogP contribution in [0.4, 0.5) is 0 Å². The zero-order chi connectivity index (χ0) is 23.9. The van der Waals surface area contributed by atoms with Gasteiger partial charge in [0.25, 0.3) is 8.32 Å². The van der Waals surface area contributed by atoms with Crippen molar-refractivity contribution in [3.8, 4) is 0 Å². The van der Waals surface area contributed by atoms with Crippen LogP contribution < -0.4 is 10.4 Å². The van der Waals surface area contributed by atoms with Gasteiger partial charge in [-0.2, -0.15) is 0 Å². The normalized spacial score (nSPS) is 29.2. The highest BCUT2D eigenvalue weighted by molar-refractivity contribution is 6.99. The number of methoxy groups -OCH3 is 1. The molecule has 0 amide bonds. The molecular weight excluding hydrogens is 436 g/mol. The number of hydrogen-bond acceptors (Lipinski definition) is 6. The van der Waals surface area contributed by atoms with Crippen molar-refractivity contribution in [3.63, 3.8) is 0 Å². The molecule has 4 rings (SSSR count). The van der Waals surface area contributed by atoms with Crippen LogP contribution in [0.3, 0.4) is 0 Å². The van der Waals surface area contributed by atoms with Crippen LogP contribution in [0.25, 0.3) is 0 Å². The smallest absolute Gasteiger partial charge is 0.261 e. The van der Waals surface area contributed by atoms with Gasteiger partial charge in [0.2, 0.25) is 0 Å². The summed E-state index contributed by atoms with van der Waals surface area (Å²) in [4.78, 5) is 0. The molecule has 7 heteroatoms. The molecule has 0 radical (unpaired) electrons. The van der Waals surface area contributed by atoms with Gasteiger partial charge in [-0.3, -0.25) is 0 Å². The lowest BCUT2D eigenvalue weighted by atomic mass is 9.97. The van der Waals surface area contributed by atoms with E-state index in [2.05, 4.69) is 69.3 Å². The van der Waals surface area contributed by atoms with Gasteiger partial charge in [-0.1, -0.05) is 81.4 Å². The van der Waals surface area contributed by atoms with Crippen LogP contribution in [0.5, 0.6) is 0 Å². The minimum Gasteiger partial charge on any atom is -0.404 e. The van der Waals surface area contributed by atoms with Crippen molar-refractivity contribution >= 4 is 18.7 Å². The molecular formula is C26H36O6Si. The van der Waals surface area contributed by atoms with Crippen LogP contribution in [0.15, 0.2) is 60.7 Å². The molecule has 4 atom stereocenters. The Labute approximate surface area is 197 Å². The van der Waals surface area contributed by atoms with Crippen LogP contribution in [0.2, 0.25) is 5.04 Å². The number of aliphatic hydroxyl groups is 1. The first-order chi connectivity index (χ1) is 15.6. The highest BCUT2D eigenvalue weighted by Crippen LogP contribution is 2.45. The Bertz CT molecular complexity index is 889. The van der Waals surface area contributed by atoms with E-state index in [-0.39, 0.29) is 18.3 Å². The van der Waals surface area contributed by atoms with Gasteiger partial charge in [0, 0.05) is 7.11 Å². The Kier molecular flexibility index (Phi) is 6.61. The van der Waals surface area contributed by atoms with E-state index in [0.29, 0.717) is 0 Å². The second kappa shape index (κ2) is 8.89. The first-order valence-corrected chi connectivity index (χ1v) is 13.4. The second-order valence-corrected chi connectivity index (χ2v) is 14.7. The van der Waals surface area contributed by atoms with Crippen molar-refractivity contribution in [3.05, 3.63) is 60.7 Å². The Morgan fingerprint density at radius 1 is 0.909 bits per heavy atom. The van der Waals surface area contributed by atoms with Crippen molar-refractivity contribution in [1.29, 1.82) is 0 Å². The summed E-state index contributed by atoms with van der Waals surface area (Å²) in [5.74, 6) is -0.771. The van der Waals surface area contributed by atoms with E-state index < -0.39 is 38.2 Å². The van der Waals surface area contributed by atoms with Gasteiger partial charge in [-0.05, 0) is 29.3 Å². The van der Waals surface area contributed by atoms with Crippen LogP contribution >= 0.6 is 0 Å². The number of hydrogen-bond donors (Lipinski definition) is 1. The molecule has 2 saturated heterocycles. The average molecular weight is 473 g/mol. The molecule has 0 aromatic heterocycles. The number of benzene rings is 2. The monoisotopic (exact) mass is 472 g/mol. The highest BCUT2D eigenvalue weighted by atomic mass is 28.4. The number of rotatable bonds is 7. The number of aliphatic hydroxyl groups excluding tert-OH is 1. The molecule has 2 aliphatic heterocycles. The van der Waals surface area contributed by atoms with E-state index in [1.807, 2.05) is 26.0 Å². The summed E-state index contributed by atoms with van der Waals surface area (Å²) in [5.41, 5.74) is -1.10. The minimum atomic E-state index is -2.82. The average Bonchev–Trinajstić information content (AvgIpc) is 3.22. The first-order valence-electron chi connectivity index (χ1n) is 11.5. The summed E-state index contributed by atoms with van der Waals surface area (Å²) in [6.07, 6.45) is -1.60. The lowest BCUT2D eigenvalue weighted by Gasteiger charge is -2.45. The third-order valence-electron chi connectivity index (χ3n) is 6.73. The second-order valence-electron chi connectivity index (χ2n) is 10.4. The van der Waals surface area contributed by atoms with Gasteiger partial charge in [0.15, 0.2) is 12.1 Å². The molecule has 6 nitrogen and oxygen atoms in total. The first kappa shape index (κ1) is 24.5. The molecule has 33 heavy (non-hydrogen) atoms. The molecule has 0 bridgehead atoms. The fourth-order valence-corrected chi connectivity index (χ4v) is 9.90. The fourth-order valence-electron chi connectivity index (χ4n) is 5.28. The van der Waals surface area contributed by atoms with E-state index in [1.165, 1.54) is 0 Å². The van der Waals surface area contributed by atoms with Crippen LogP contribution in [-0.4, -0.2) is 63.6 Å². The summed E-state index contributed by atoms with van der Waals surface area (Å²) in [7, 11) is -1.21. The molecule has 0 spiro atoms. The Hall–Kier alpha value is -1.58. The Morgan fingerprint density at radius 3 is 1.91 bits per heavy atom. The largest absolute Gasteiger partial charge is 0.404 e. The molecule has 2 aromatic carbocycles. The van der Waals surface area contributed by atoms with E-state index in [4.69, 9.17) is 23.4 Å². The summed E-state index contributed by atoms with van der Waals surface area (Å²) >= 11 is 0. The van der Waals surface area contributed by atoms with E-state index in [9.17, 15) is 5.11 Å². The number of fused-ring (bicyclic) bond motifs is 1. The number of ether oxygens (including phenoxy) is 4. The molecule has 1 N–H and O–H groups in total. The van der Waals surface area contributed by atoms with E-state index >= 15 is 0 Å². The lowest BCUT2D eigenvalue weighted by molar-refractivity contribution is -0.253. The lowest BCUT2D eigenvalue weighted by Crippen LogP contribution is -2.68. The Balaban J connectivity index is 1.75. The molecule has 0 unspecified atom stereocenters. The predicted octanol–water partition coefficient (Wildman–Crippen LogP) is 2.82. The summed E-state index contributed by atoms with van der Waals surface area (Å²) in [6.45, 7) is 10.2. The maximum absolute atomic E-state index is 10.6. The van der Waals surface area contributed by atoms with Crippen molar-refractivity contribution in [2.45, 2.75) is 69.5 Å². The van der Waals surface area contributed by atoms with Gasteiger partial charge in [0.1, 0.15) is 17.8 Å². The predicted molar refractivity (Wildman–Crippen MR) is 129 cm³/mol.